The number of aromatic amines is 2. The summed E-state index contributed by atoms with van der Waals surface area (Å²) in [7, 11) is 9.61. The highest BCUT2D eigenvalue weighted by Gasteiger charge is 2.37. The molecule has 2 aromatic heterocycles. The average molecular weight is 723 g/mol. The number of hydrogen-bond donors (Lipinski definition) is 2. The molecular weight excluding hydrogens is 673 g/mol. The second-order valence-electron chi connectivity index (χ2n) is 14.8. The van der Waals surface area contributed by atoms with E-state index in [4.69, 9.17) is 9.97 Å². The standard InChI is InChI=1S/C44H50N8O2/c1-49(2)40(32-17-8-6-9-18-32)43(53)51(5)29-39-45-34-24-22-30(27-36(34)46-39)15-12-13-16-31-23-25-35-37(28-31)48-42(47-35)38-21-14-26-52(38)44(54)41(50(3)4)33-19-10-7-11-20-33/h6-13,17-20,22-25,27-28,38,40-41H,14-16,21,26,29H2,1-5H3,(H,45,46)(H,47,48)/b13-12+/t38-,40-,41+/m1/s1. The Hall–Kier alpha value is -5.58. The molecule has 0 saturated carbocycles. The average Bonchev–Trinajstić information content (AvgIpc) is 3.92. The third-order valence-electron chi connectivity index (χ3n) is 10.4. The van der Waals surface area contributed by atoms with Crippen LogP contribution in [0.25, 0.3) is 22.1 Å². The molecule has 0 spiro atoms. The van der Waals surface area contributed by atoms with Gasteiger partial charge in [0.25, 0.3) is 0 Å². The van der Waals surface area contributed by atoms with Gasteiger partial charge in [-0.05, 0) is 100 Å². The van der Waals surface area contributed by atoms with Gasteiger partial charge in [-0.25, -0.2) is 9.97 Å². The van der Waals surface area contributed by atoms with Crippen molar-refractivity contribution in [2.45, 2.75) is 50.4 Å². The molecule has 4 aromatic carbocycles. The van der Waals surface area contributed by atoms with E-state index in [9.17, 15) is 9.59 Å². The summed E-state index contributed by atoms with van der Waals surface area (Å²) < 4.78 is 0. The zero-order valence-corrected chi connectivity index (χ0v) is 31.9. The van der Waals surface area contributed by atoms with E-state index in [1.807, 2.05) is 117 Å². The van der Waals surface area contributed by atoms with Crippen LogP contribution in [0.2, 0.25) is 0 Å². The number of carbonyl (C=O) groups is 2. The molecule has 1 fully saturated rings. The Bertz CT molecular complexity index is 2240. The number of H-pyrrole nitrogens is 2. The van der Waals surface area contributed by atoms with Crippen molar-refractivity contribution in [1.29, 1.82) is 0 Å². The first-order valence-corrected chi connectivity index (χ1v) is 18.8. The SMILES string of the molecule is CN(Cc1nc2ccc(C/C=C/Cc3ccc4nc([C@H]5CCCN5C(=O)[C@H](c5ccccc5)N(C)C)[nH]c4c3)cc2[nH]1)C(=O)[C@@H](c1ccccc1)N(C)C. The van der Waals surface area contributed by atoms with Gasteiger partial charge in [-0.3, -0.25) is 19.4 Å². The van der Waals surface area contributed by atoms with Gasteiger partial charge in [0.1, 0.15) is 23.7 Å². The lowest BCUT2D eigenvalue weighted by Gasteiger charge is -2.31. The molecule has 0 bridgehead atoms. The van der Waals surface area contributed by atoms with Crippen LogP contribution in [0, 0.1) is 0 Å². The van der Waals surface area contributed by atoms with E-state index in [2.05, 4.69) is 52.5 Å². The highest BCUT2D eigenvalue weighted by Crippen LogP contribution is 2.35. The van der Waals surface area contributed by atoms with E-state index in [1.54, 1.807) is 4.90 Å². The number of likely N-dealkylation sites (tertiary alicyclic amines) is 1. The molecule has 54 heavy (non-hydrogen) atoms. The Labute approximate surface area is 317 Å². The Kier molecular flexibility index (Phi) is 11.0. The first-order chi connectivity index (χ1) is 26.2. The van der Waals surface area contributed by atoms with Crippen molar-refractivity contribution in [2.75, 3.05) is 41.8 Å². The van der Waals surface area contributed by atoms with Gasteiger partial charge in [0.05, 0.1) is 34.7 Å². The summed E-state index contributed by atoms with van der Waals surface area (Å²) in [5.41, 5.74) is 8.11. The summed E-state index contributed by atoms with van der Waals surface area (Å²) in [6, 6.07) is 31.8. The Morgan fingerprint density at radius 2 is 1.30 bits per heavy atom. The number of allylic oxidation sites excluding steroid dienone is 2. The molecule has 3 atom stereocenters. The maximum atomic E-state index is 13.9. The Morgan fingerprint density at radius 1 is 0.741 bits per heavy atom. The van der Waals surface area contributed by atoms with Crippen molar-refractivity contribution in [3.8, 4) is 0 Å². The first-order valence-electron chi connectivity index (χ1n) is 18.8. The molecule has 10 heteroatoms. The number of amides is 2. The monoisotopic (exact) mass is 722 g/mol. The third-order valence-corrected chi connectivity index (χ3v) is 10.4. The fourth-order valence-corrected chi connectivity index (χ4v) is 7.69. The van der Waals surface area contributed by atoms with E-state index >= 15 is 0 Å². The quantitative estimate of drug-likeness (QED) is 0.124. The number of imidazole rings is 2. The van der Waals surface area contributed by atoms with E-state index in [-0.39, 0.29) is 29.9 Å². The van der Waals surface area contributed by atoms with Crippen LogP contribution < -0.4 is 0 Å². The number of carbonyl (C=O) groups excluding carboxylic acids is 2. The van der Waals surface area contributed by atoms with Crippen LogP contribution >= 0.6 is 0 Å². The number of rotatable bonds is 13. The summed E-state index contributed by atoms with van der Waals surface area (Å²) in [5.74, 6) is 1.75. The number of nitrogens with one attached hydrogen (secondary N) is 2. The minimum atomic E-state index is -0.362. The van der Waals surface area contributed by atoms with Gasteiger partial charge in [-0.1, -0.05) is 84.9 Å². The maximum Gasteiger partial charge on any atom is 0.245 e. The minimum absolute atomic E-state index is 0.0226. The molecule has 6 aromatic rings. The van der Waals surface area contributed by atoms with Crippen LogP contribution in [0.15, 0.2) is 109 Å². The summed E-state index contributed by atoms with van der Waals surface area (Å²) in [4.78, 5) is 51.8. The molecule has 0 unspecified atom stereocenters. The largest absolute Gasteiger partial charge is 0.340 e. The van der Waals surface area contributed by atoms with Gasteiger partial charge in [0.2, 0.25) is 11.8 Å². The Balaban J connectivity index is 0.967. The summed E-state index contributed by atoms with van der Waals surface area (Å²) in [6.07, 6.45) is 7.85. The molecule has 7 rings (SSSR count). The topological polar surface area (TPSA) is 104 Å². The molecule has 1 aliphatic heterocycles. The van der Waals surface area contributed by atoms with Gasteiger partial charge >= 0.3 is 0 Å². The van der Waals surface area contributed by atoms with E-state index < -0.39 is 0 Å². The normalized spacial score (nSPS) is 15.9. The summed E-state index contributed by atoms with van der Waals surface area (Å²) in [5, 5.41) is 0. The number of hydrogen-bond acceptors (Lipinski definition) is 6. The van der Waals surface area contributed by atoms with Gasteiger partial charge in [0.15, 0.2) is 0 Å². The molecule has 1 saturated heterocycles. The van der Waals surface area contributed by atoms with Crippen LogP contribution in [0.4, 0.5) is 0 Å². The van der Waals surface area contributed by atoms with Crippen LogP contribution in [-0.4, -0.2) is 93.1 Å². The Morgan fingerprint density at radius 3 is 1.89 bits per heavy atom. The number of nitrogens with zero attached hydrogens (tertiary/aromatic N) is 6. The van der Waals surface area contributed by atoms with Crippen LogP contribution in [0.5, 0.6) is 0 Å². The summed E-state index contributed by atoms with van der Waals surface area (Å²) in [6.45, 7) is 1.12. The number of benzene rings is 4. The molecule has 2 amide bonds. The van der Waals surface area contributed by atoms with Crippen LogP contribution in [-0.2, 0) is 29.0 Å². The third kappa shape index (κ3) is 8.00. The zero-order chi connectivity index (χ0) is 37.8. The summed E-state index contributed by atoms with van der Waals surface area (Å²) >= 11 is 0. The van der Waals surface area contributed by atoms with Crippen molar-refractivity contribution in [3.05, 3.63) is 143 Å². The lowest BCUT2D eigenvalue weighted by atomic mass is 10.0. The predicted molar refractivity (Wildman–Crippen MR) is 215 cm³/mol. The van der Waals surface area contributed by atoms with Crippen molar-refractivity contribution in [3.63, 3.8) is 0 Å². The van der Waals surface area contributed by atoms with Gasteiger partial charge in [-0.2, -0.15) is 0 Å². The van der Waals surface area contributed by atoms with Crippen LogP contribution in [0.1, 0.15) is 64.9 Å². The number of fused-ring (bicyclic) bond motifs is 2. The van der Waals surface area contributed by atoms with Crippen molar-refractivity contribution >= 4 is 33.9 Å². The zero-order valence-electron chi connectivity index (χ0n) is 31.9. The predicted octanol–water partition coefficient (Wildman–Crippen LogP) is 7.01. The first kappa shape index (κ1) is 36.8. The lowest BCUT2D eigenvalue weighted by Crippen LogP contribution is -2.40. The molecule has 1 aliphatic rings. The van der Waals surface area contributed by atoms with Gasteiger partial charge < -0.3 is 19.8 Å². The van der Waals surface area contributed by atoms with Crippen molar-refractivity contribution in [2.24, 2.45) is 0 Å². The van der Waals surface area contributed by atoms with E-state index in [0.29, 0.717) is 6.54 Å². The maximum absolute atomic E-state index is 13.9. The smallest absolute Gasteiger partial charge is 0.245 e. The van der Waals surface area contributed by atoms with Crippen molar-refractivity contribution < 1.29 is 9.59 Å². The van der Waals surface area contributed by atoms with E-state index in [0.717, 1.165) is 77.1 Å². The van der Waals surface area contributed by atoms with Gasteiger partial charge in [-0.15, -0.1) is 0 Å². The van der Waals surface area contributed by atoms with E-state index in [1.165, 1.54) is 11.1 Å². The minimum Gasteiger partial charge on any atom is -0.340 e. The molecule has 0 aliphatic carbocycles. The highest BCUT2D eigenvalue weighted by atomic mass is 16.2. The molecular formula is C44H50N8O2. The highest BCUT2D eigenvalue weighted by molar-refractivity contribution is 5.85. The molecule has 10 nitrogen and oxygen atoms in total. The second-order valence-corrected chi connectivity index (χ2v) is 14.8. The number of aromatic nitrogens is 4. The lowest BCUT2D eigenvalue weighted by molar-refractivity contribution is -0.137. The molecule has 3 heterocycles. The van der Waals surface area contributed by atoms with Gasteiger partial charge in [0, 0.05) is 13.6 Å². The molecule has 278 valence electrons. The molecule has 0 radical (unpaired) electrons. The van der Waals surface area contributed by atoms with Crippen molar-refractivity contribution in [1.82, 2.24) is 39.5 Å². The van der Waals surface area contributed by atoms with Crippen LogP contribution in [0.3, 0.4) is 0 Å². The fourth-order valence-electron chi connectivity index (χ4n) is 7.69. The fraction of sp³-hybridized carbons (Fsp3) is 0.318. The second kappa shape index (κ2) is 16.2. The number of likely N-dealkylation sites (N-methyl/N-ethyl adjacent to an activating group) is 3. The molecule has 2 N–H and O–H groups in total.